The van der Waals surface area contributed by atoms with Crippen molar-refractivity contribution in [3.8, 4) is 0 Å². The molecule has 5 rings (SSSR count). The van der Waals surface area contributed by atoms with Gasteiger partial charge in [0.05, 0.1) is 6.33 Å². The largest absolute Gasteiger partial charge is 0.382 e. The Bertz CT molecular complexity index is 1220. The molecule has 0 bridgehead atoms. The third-order valence-corrected chi connectivity index (χ3v) is 6.38. The molecule has 1 fully saturated rings. The third-order valence-electron chi connectivity index (χ3n) is 5.58. The Labute approximate surface area is 197 Å². The highest BCUT2D eigenvalue weighted by atomic mass is 32.2. The number of imidazole rings is 1. The van der Waals surface area contributed by atoms with Crippen LogP contribution in [0.5, 0.6) is 0 Å². The van der Waals surface area contributed by atoms with Gasteiger partial charge >= 0.3 is 0 Å². The summed E-state index contributed by atoms with van der Waals surface area (Å²) < 4.78 is 5.74. The molecule has 2 atom stereocenters. The van der Waals surface area contributed by atoms with E-state index in [1.165, 1.54) is 42.3 Å². The molecule has 1 aliphatic carbocycles. The summed E-state index contributed by atoms with van der Waals surface area (Å²) in [6, 6.07) is 15.5. The molecule has 0 aliphatic heterocycles. The summed E-state index contributed by atoms with van der Waals surface area (Å²) in [5.74, 6) is -0.402. The van der Waals surface area contributed by atoms with Crippen molar-refractivity contribution in [2.45, 2.75) is 49.8 Å². The first-order chi connectivity index (χ1) is 15.8. The summed E-state index contributed by atoms with van der Waals surface area (Å²) in [5.41, 5.74) is 7.46. The highest BCUT2D eigenvalue weighted by Gasteiger charge is 2.27. The number of nitrogens with zero attached hydrogens (tertiary/aromatic N) is 4. The predicted octanol–water partition coefficient (Wildman–Crippen LogP) is 3.91. The van der Waals surface area contributed by atoms with Crippen molar-refractivity contribution in [3.05, 3.63) is 55.1 Å². The SMILES string of the molecule is CC(C)(O)O.Nc1ncnc2c1ncn2C1CCC(CNSc2ccc3ccccc3c2)C1. The number of hydrogen-bond donors (Lipinski definition) is 4. The highest BCUT2D eigenvalue weighted by molar-refractivity contribution is 7.97. The second-order valence-corrected chi connectivity index (χ2v) is 9.83. The Morgan fingerprint density at radius 3 is 2.64 bits per heavy atom. The summed E-state index contributed by atoms with van der Waals surface area (Å²) in [5, 5.41) is 18.7. The fraction of sp³-hybridized carbons (Fsp3) is 0.375. The van der Waals surface area contributed by atoms with Crippen molar-refractivity contribution in [2.75, 3.05) is 12.3 Å². The van der Waals surface area contributed by atoms with Crippen molar-refractivity contribution < 1.29 is 10.2 Å². The second-order valence-electron chi connectivity index (χ2n) is 8.87. The molecule has 33 heavy (non-hydrogen) atoms. The van der Waals surface area contributed by atoms with E-state index < -0.39 is 5.79 Å². The molecule has 2 aromatic heterocycles. The van der Waals surface area contributed by atoms with Gasteiger partial charge in [0, 0.05) is 17.5 Å². The first-order valence-electron chi connectivity index (χ1n) is 11.0. The van der Waals surface area contributed by atoms with Crippen LogP contribution < -0.4 is 10.5 Å². The maximum Gasteiger partial charge on any atom is 0.165 e. The third kappa shape index (κ3) is 6.20. The van der Waals surface area contributed by atoms with Gasteiger partial charge < -0.3 is 20.5 Å². The lowest BCUT2D eigenvalue weighted by Gasteiger charge is -2.14. The number of nitrogens with two attached hydrogens (primary N) is 1. The summed E-state index contributed by atoms with van der Waals surface area (Å²) in [4.78, 5) is 14.1. The van der Waals surface area contributed by atoms with Gasteiger partial charge in [0.15, 0.2) is 17.3 Å². The quantitative estimate of drug-likeness (QED) is 0.258. The Morgan fingerprint density at radius 1 is 1.09 bits per heavy atom. The van der Waals surface area contributed by atoms with E-state index in [2.05, 4.69) is 66.7 Å². The van der Waals surface area contributed by atoms with E-state index in [9.17, 15) is 0 Å². The van der Waals surface area contributed by atoms with Gasteiger partial charge in [-0.1, -0.05) is 30.3 Å². The normalized spacial score (nSPS) is 18.4. The first-order valence-corrected chi connectivity index (χ1v) is 11.9. The van der Waals surface area contributed by atoms with Crippen molar-refractivity contribution >= 4 is 39.7 Å². The molecule has 1 aliphatic rings. The minimum Gasteiger partial charge on any atom is -0.382 e. The average Bonchev–Trinajstić information content (AvgIpc) is 3.40. The number of rotatable bonds is 5. The van der Waals surface area contributed by atoms with Crippen LogP contribution in [0.25, 0.3) is 21.9 Å². The van der Waals surface area contributed by atoms with Crippen molar-refractivity contribution in [3.63, 3.8) is 0 Å². The van der Waals surface area contributed by atoms with E-state index in [4.69, 9.17) is 15.9 Å². The molecule has 0 amide bonds. The van der Waals surface area contributed by atoms with Gasteiger partial charge in [0.2, 0.25) is 0 Å². The zero-order valence-corrected chi connectivity index (χ0v) is 19.7. The molecule has 0 saturated heterocycles. The minimum absolute atomic E-state index is 0.428. The van der Waals surface area contributed by atoms with Crippen LogP contribution in [-0.2, 0) is 0 Å². The molecular formula is C24H30N6O2S. The van der Waals surface area contributed by atoms with Gasteiger partial charge in [-0.25, -0.2) is 15.0 Å². The molecule has 8 nitrogen and oxygen atoms in total. The van der Waals surface area contributed by atoms with E-state index >= 15 is 0 Å². The number of fused-ring (bicyclic) bond motifs is 2. The molecule has 174 valence electrons. The summed E-state index contributed by atoms with van der Waals surface area (Å²) in [6.07, 6.45) is 6.85. The zero-order valence-electron chi connectivity index (χ0n) is 18.8. The zero-order chi connectivity index (χ0) is 23.4. The van der Waals surface area contributed by atoms with Crippen LogP contribution in [0, 0.1) is 5.92 Å². The van der Waals surface area contributed by atoms with E-state index in [0.717, 1.165) is 25.0 Å². The summed E-state index contributed by atoms with van der Waals surface area (Å²) >= 11 is 1.72. The van der Waals surface area contributed by atoms with Crippen LogP contribution in [0.4, 0.5) is 5.82 Å². The second kappa shape index (κ2) is 10.0. The molecule has 2 unspecified atom stereocenters. The monoisotopic (exact) mass is 466 g/mol. The number of nitrogen functional groups attached to an aromatic ring is 1. The van der Waals surface area contributed by atoms with Crippen molar-refractivity contribution in [1.29, 1.82) is 0 Å². The molecule has 9 heteroatoms. The summed E-state index contributed by atoms with van der Waals surface area (Å²) in [6.45, 7) is 3.59. The van der Waals surface area contributed by atoms with Gasteiger partial charge in [-0.05, 0) is 73.9 Å². The molecule has 5 N–H and O–H groups in total. The van der Waals surface area contributed by atoms with E-state index in [0.29, 0.717) is 23.3 Å². The van der Waals surface area contributed by atoms with E-state index in [-0.39, 0.29) is 0 Å². The predicted molar refractivity (Wildman–Crippen MR) is 132 cm³/mol. The fourth-order valence-electron chi connectivity index (χ4n) is 4.10. The molecule has 1 saturated carbocycles. The highest BCUT2D eigenvalue weighted by Crippen LogP contribution is 2.36. The van der Waals surface area contributed by atoms with Crippen LogP contribution in [0.3, 0.4) is 0 Å². The van der Waals surface area contributed by atoms with Gasteiger partial charge in [-0.2, -0.15) is 0 Å². The lowest BCUT2D eigenvalue weighted by atomic mass is 10.1. The maximum absolute atomic E-state index is 8.08. The Kier molecular flexibility index (Phi) is 7.14. The Balaban J connectivity index is 0.000000471. The number of aliphatic hydroxyl groups is 2. The average molecular weight is 467 g/mol. The van der Waals surface area contributed by atoms with Gasteiger partial charge in [0.25, 0.3) is 0 Å². The Morgan fingerprint density at radius 2 is 1.85 bits per heavy atom. The van der Waals surface area contributed by atoms with Crippen molar-refractivity contribution in [1.82, 2.24) is 24.2 Å². The fourth-order valence-corrected chi connectivity index (χ4v) is 4.91. The molecule has 0 radical (unpaired) electrons. The molecule has 4 aromatic rings. The smallest absolute Gasteiger partial charge is 0.165 e. The molecule has 2 aromatic carbocycles. The number of aromatic nitrogens is 4. The van der Waals surface area contributed by atoms with Crippen LogP contribution in [0.15, 0.2) is 60.0 Å². The van der Waals surface area contributed by atoms with E-state index in [1.54, 1.807) is 11.9 Å². The maximum atomic E-state index is 8.08. The minimum atomic E-state index is -1.50. The number of anilines is 1. The lowest BCUT2D eigenvalue weighted by molar-refractivity contribution is -0.127. The lowest BCUT2D eigenvalue weighted by Crippen LogP contribution is -2.15. The summed E-state index contributed by atoms with van der Waals surface area (Å²) in [7, 11) is 0. The van der Waals surface area contributed by atoms with Crippen LogP contribution in [0.2, 0.25) is 0 Å². The van der Waals surface area contributed by atoms with Crippen LogP contribution >= 0.6 is 11.9 Å². The van der Waals surface area contributed by atoms with Crippen LogP contribution in [0.1, 0.15) is 39.2 Å². The Hall–Kier alpha value is -2.72. The number of hydrogen-bond acceptors (Lipinski definition) is 8. The standard InChI is InChI=1S/C21H22N6S.C3H8O2/c22-20-19-21(24-12-23-20)27(13-25-19)17-7-5-14(9-17)11-26-28-18-8-6-15-3-1-2-4-16(15)10-18;1-3(2,4)5/h1-4,6,8,10,12-14,17,26H,5,7,9,11H2,(H2,22,23,24);4-5H,1-2H3. The molecular weight excluding hydrogens is 436 g/mol. The van der Waals surface area contributed by atoms with Gasteiger partial charge in [-0.15, -0.1) is 0 Å². The topological polar surface area (TPSA) is 122 Å². The van der Waals surface area contributed by atoms with Gasteiger partial charge in [-0.3, -0.25) is 4.72 Å². The van der Waals surface area contributed by atoms with Crippen molar-refractivity contribution in [2.24, 2.45) is 5.92 Å². The molecule has 2 heterocycles. The van der Waals surface area contributed by atoms with E-state index in [1.807, 2.05) is 6.33 Å². The number of nitrogens with one attached hydrogen (secondary N) is 1. The molecule has 0 spiro atoms. The number of benzene rings is 2. The first kappa shape index (κ1) is 23.4. The van der Waals surface area contributed by atoms with Gasteiger partial charge in [0.1, 0.15) is 11.8 Å². The van der Waals surface area contributed by atoms with Crippen LogP contribution in [-0.4, -0.2) is 42.1 Å².